The summed E-state index contributed by atoms with van der Waals surface area (Å²) in [6.07, 6.45) is 1.36. The molecule has 3 aromatic rings. The van der Waals surface area contributed by atoms with Crippen LogP contribution >= 0.6 is 23.8 Å². The summed E-state index contributed by atoms with van der Waals surface area (Å²) in [5.41, 5.74) is 2.30. The number of amides is 2. The molecule has 0 aliphatic carbocycles. The van der Waals surface area contributed by atoms with Crippen LogP contribution in [0.5, 0.6) is 0 Å². The van der Waals surface area contributed by atoms with Crippen molar-refractivity contribution in [1.29, 1.82) is 0 Å². The predicted octanol–water partition coefficient (Wildman–Crippen LogP) is 4.92. The molecule has 1 aliphatic rings. The number of nitrogens with zero attached hydrogens (tertiary/aromatic N) is 1. The molecule has 172 valence electrons. The highest BCUT2D eigenvalue weighted by Gasteiger charge is 2.35. The molecule has 0 bridgehead atoms. The molecule has 2 amide bonds. The van der Waals surface area contributed by atoms with Crippen LogP contribution in [0.2, 0.25) is 5.02 Å². The van der Waals surface area contributed by atoms with Crippen LogP contribution in [0.3, 0.4) is 0 Å². The van der Waals surface area contributed by atoms with E-state index in [9.17, 15) is 14.4 Å². The Morgan fingerprint density at radius 2 is 1.88 bits per heavy atom. The second-order valence-electron chi connectivity index (χ2n) is 7.39. The van der Waals surface area contributed by atoms with E-state index >= 15 is 0 Å². The molecule has 4 rings (SSSR count). The summed E-state index contributed by atoms with van der Waals surface area (Å²) in [4.78, 5) is 38.7. The predicted molar refractivity (Wildman–Crippen MR) is 132 cm³/mol. The lowest BCUT2D eigenvalue weighted by Gasteiger charge is -2.29. The van der Waals surface area contributed by atoms with Gasteiger partial charge >= 0.3 is 5.97 Å². The first-order valence-electron chi connectivity index (χ1n) is 10.3. The molecule has 1 fully saturated rings. The van der Waals surface area contributed by atoms with Gasteiger partial charge in [-0.2, -0.15) is 0 Å². The Kier molecular flexibility index (Phi) is 6.63. The molecule has 2 heterocycles. The highest BCUT2D eigenvalue weighted by Crippen LogP contribution is 2.28. The topological polar surface area (TPSA) is 88.9 Å². The highest BCUT2D eigenvalue weighted by molar-refractivity contribution is 7.80. The third kappa shape index (κ3) is 4.64. The number of hydrogen-bond acceptors (Lipinski definition) is 6. The number of thiocarbonyl (C=S) groups is 1. The van der Waals surface area contributed by atoms with Gasteiger partial charge in [0, 0.05) is 10.6 Å². The molecule has 7 nitrogen and oxygen atoms in total. The van der Waals surface area contributed by atoms with Crippen LogP contribution < -0.4 is 10.2 Å². The number of esters is 1. The summed E-state index contributed by atoms with van der Waals surface area (Å²) < 4.78 is 10.8. The van der Waals surface area contributed by atoms with Gasteiger partial charge in [-0.05, 0) is 74.1 Å². The van der Waals surface area contributed by atoms with Crippen molar-refractivity contribution in [3.63, 3.8) is 0 Å². The smallest absolute Gasteiger partial charge is 0.338 e. The number of aryl methyl sites for hydroxylation is 1. The number of carbonyl (C=O) groups excluding carboxylic acids is 3. The van der Waals surface area contributed by atoms with Gasteiger partial charge in [0.2, 0.25) is 0 Å². The Morgan fingerprint density at radius 3 is 2.56 bits per heavy atom. The number of nitrogens with one attached hydrogen (secondary N) is 1. The van der Waals surface area contributed by atoms with Crippen LogP contribution in [0.4, 0.5) is 5.69 Å². The fraction of sp³-hybridized carbons (Fsp3) is 0.120. The Balaban J connectivity index is 1.60. The Hall–Kier alpha value is -3.75. The summed E-state index contributed by atoms with van der Waals surface area (Å²) in [5.74, 6) is -0.814. The first-order valence-corrected chi connectivity index (χ1v) is 11.1. The minimum atomic E-state index is -0.624. The molecule has 9 heteroatoms. The Bertz CT molecular complexity index is 1340. The molecule has 1 N–H and O–H groups in total. The molecule has 1 saturated heterocycles. The molecule has 0 atom stereocenters. The van der Waals surface area contributed by atoms with Crippen molar-refractivity contribution in [2.45, 2.75) is 13.8 Å². The van der Waals surface area contributed by atoms with Crippen LogP contribution in [0.1, 0.15) is 28.6 Å². The minimum absolute atomic E-state index is 0.0334. The molecular formula is C25H19ClN2O5S. The van der Waals surface area contributed by atoms with E-state index in [1.807, 2.05) is 6.92 Å². The van der Waals surface area contributed by atoms with Crippen molar-refractivity contribution < 1.29 is 23.5 Å². The molecule has 0 saturated carbocycles. The zero-order valence-electron chi connectivity index (χ0n) is 18.3. The molecule has 0 spiro atoms. The van der Waals surface area contributed by atoms with Crippen molar-refractivity contribution in [3.8, 4) is 11.3 Å². The Morgan fingerprint density at radius 1 is 1.15 bits per heavy atom. The van der Waals surface area contributed by atoms with Crippen molar-refractivity contribution in [1.82, 2.24) is 5.32 Å². The number of rotatable bonds is 5. The van der Waals surface area contributed by atoms with E-state index in [0.29, 0.717) is 40.0 Å². The van der Waals surface area contributed by atoms with Gasteiger partial charge in [-0.1, -0.05) is 29.8 Å². The summed E-state index contributed by atoms with van der Waals surface area (Å²) in [5, 5.41) is 2.97. The van der Waals surface area contributed by atoms with Crippen molar-refractivity contribution in [2.24, 2.45) is 0 Å². The molecule has 34 heavy (non-hydrogen) atoms. The van der Waals surface area contributed by atoms with Gasteiger partial charge < -0.3 is 9.15 Å². The van der Waals surface area contributed by atoms with Crippen molar-refractivity contribution in [2.75, 3.05) is 11.5 Å². The number of anilines is 1. The van der Waals surface area contributed by atoms with E-state index in [1.54, 1.807) is 61.5 Å². The largest absolute Gasteiger partial charge is 0.462 e. The van der Waals surface area contributed by atoms with E-state index in [4.69, 9.17) is 33.0 Å². The normalized spacial score (nSPS) is 15.0. The maximum atomic E-state index is 13.2. The number of ether oxygens (including phenoxy) is 1. The van der Waals surface area contributed by atoms with Gasteiger partial charge in [0.25, 0.3) is 11.8 Å². The Labute approximate surface area is 205 Å². The van der Waals surface area contributed by atoms with E-state index in [0.717, 1.165) is 5.56 Å². The second kappa shape index (κ2) is 9.62. The molecular weight excluding hydrogens is 476 g/mol. The van der Waals surface area contributed by atoms with Gasteiger partial charge in [-0.15, -0.1) is 0 Å². The molecule has 1 aromatic heterocycles. The fourth-order valence-corrected chi connectivity index (χ4v) is 3.78. The SMILES string of the molecule is CCOC(=O)c1ccc(-c2ccc(/C=C3\C(=O)NC(=S)N(c4ccc(C)c(Cl)c4)C3=O)o2)cc1. The number of carbonyl (C=O) groups is 3. The third-order valence-electron chi connectivity index (χ3n) is 5.11. The van der Waals surface area contributed by atoms with Gasteiger partial charge in [-0.25, -0.2) is 4.79 Å². The first-order chi connectivity index (χ1) is 16.3. The van der Waals surface area contributed by atoms with Crippen molar-refractivity contribution >= 4 is 58.5 Å². The number of furan rings is 1. The van der Waals surface area contributed by atoms with Crippen LogP contribution in [0, 0.1) is 6.92 Å². The van der Waals surface area contributed by atoms with E-state index in [2.05, 4.69) is 5.32 Å². The van der Waals surface area contributed by atoms with Crippen LogP contribution in [-0.2, 0) is 14.3 Å². The zero-order chi connectivity index (χ0) is 24.4. The van der Waals surface area contributed by atoms with Crippen LogP contribution in [-0.4, -0.2) is 29.5 Å². The highest BCUT2D eigenvalue weighted by atomic mass is 35.5. The summed E-state index contributed by atoms with van der Waals surface area (Å²) in [6, 6.07) is 15.1. The number of hydrogen-bond donors (Lipinski definition) is 1. The first kappa shape index (κ1) is 23.4. The van der Waals surface area contributed by atoms with Gasteiger partial charge in [0.1, 0.15) is 17.1 Å². The molecule has 0 radical (unpaired) electrons. The third-order valence-corrected chi connectivity index (χ3v) is 5.80. The van der Waals surface area contributed by atoms with E-state index < -0.39 is 17.8 Å². The van der Waals surface area contributed by atoms with Gasteiger partial charge in [0.05, 0.1) is 17.9 Å². The number of benzene rings is 2. The molecule has 2 aromatic carbocycles. The molecule has 0 unspecified atom stereocenters. The summed E-state index contributed by atoms with van der Waals surface area (Å²) in [7, 11) is 0. The van der Waals surface area contributed by atoms with Gasteiger partial charge in [0.15, 0.2) is 5.11 Å². The average molecular weight is 495 g/mol. The lowest BCUT2D eigenvalue weighted by Crippen LogP contribution is -2.54. The van der Waals surface area contributed by atoms with Gasteiger partial charge in [-0.3, -0.25) is 19.8 Å². The van der Waals surface area contributed by atoms with E-state index in [1.165, 1.54) is 11.0 Å². The fourth-order valence-electron chi connectivity index (χ4n) is 3.33. The van der Waals surface area contributed by atoms with Crippen LogP contribution in [0.25, 0.3) is 17.4 Å². The minimum Gasteiger partial charge on any atom is -0.462 e. The lowest BCUT2D eigenvalue weighted by atomic mass is 10.1. The average Bonchev–Trinajstić information content (AvgIpc) is 3.28. The molecule has 1 aliphatic heterocycles. The number of halogens is 1. The maximum absolute atomic E-state index is 13.2. The summed E-state index contributed by atoms with van der Waals surface area (Å²) >= 11 is 11.4. The quantitative estimate of drug-likeness (QED) is 0.234. The van der Waals surface area contributed by atoms with Crippen molar-refractivity contribution in [3.05, 3.63) is 82.1 Å². The second-order valence-corrected chi connectivity index (χ2v) is 8.19. The van der Waals surface area contributed by atoms with E-state index in [-0.39, 0.29) is 10.7 Å². The van der Waals surface area contributed by atoms with Crippen LogP contribution in [0.15, 0.2) is 64.6 Å². The summed E-state index contributed by atoms with van der Waals surface area (Å²) in [6.45, 7) is 3.88. The lowest BCUT2D eigenvalue weighted by molar-refractivity contribution is -0.122. The zero-order valence-corrected chi connectivity index (χ0v) is 19.8. The monoisotopic (exact) mass is 494 g/mol. The standard InChI is InChI=1S/C25H19ClN2O5S/c1-3-32-24(31)16-7-5-15(6-8-16)21-11-10-18(33-21)13-19-22(29)27-25(34)28(23(19)30)17-9-4-14(2)20(26)12-17/h4-13H,3H2,1-2H3,(H,27,29,34)/b19-13+. The maximum Gasteiger partial charge on any atom is 0.338 e.